The van der Waals surface area contributed by atoms with Gasteiger partial charge >= 0.3 is 0 Å². The molecule has 0 aromatic heterocycles. The van der Waals surface area contributed by atoms with Crippen molar-refractivity contribution in [2.45, 2.75) is 111 Å². The van der Waals surface area contributed by atoms with Crippen LogP contribution in [0.5, 0.6) is 0 Å². The lowest BCUT2D eigenvalue weighted by Gasteiger charge is -2.51. The summed E-state index contributed by atoms with van der Waals surface area (Å²) in [6.45, 7) is 20.9. The third-order valence-electron chi connectivity index (χ3n) is 8.53. The summed E-state index contributed by atoms with van der Waals surface area (Å²) in [5.74, 6) is 0.934. The number of nitrogens with zero attached hydrogens (tertiary/aromatic N) is 1. The Bertz CT molecular complexity index is 678. The van der Waals surface area contributed by atoms with Gasteiger partial charge in [0.05, 0.1) is 18.1 Å². The summed E-state index contributed by atoms with van der Waals surface area (Å²) >= 11 is 0. The van der Waals surface area contributed by atoms with Crippen LogP contribution in [0.4, 0.5) is 0 Å². The van der Waals surface area contributed by atoms with Crippen LogP contribution in [0.25, 0.3) is 0 Å². The Morgan fingerprint density at radius 3 is 2.38 bits per heavy atom. The molecule has 2 aliphatic rings. The van der Waals surface area contributed by atoms with Crippen LogP contribution in [-0.2, 0) is 4.43 Å². The van der Waals surface area contributed by atoms with Gasteiger partial charge in [0, 0.05) is 5.92 Å². The molecule has 29 heavy (non-hydrogen) atoms. The molecule has 1 fully saturated rings. The zero-order valence-electron chi connectivity index (χ0n) is 20.6. The summed E-state index contributed by atoms with van der Waals surface area (Å²) in [4.78, 5) is 0. The van der Waals surface area contributed by atoms with Gasteiger partial charge in [-0.05, 0) is 81.8 Å². The molecule has 0 aliphatic heterocycles. The second-order valence-corrected chi connectivity index (χ2v) is 16.5. The second-order valence-electron chi connectivity index (χ2n) is 11.7. The van der Waals surface area contributed by atoms with Gasteiger partial charge in [-0.1, -0.05) is 57.9 Å². The minimum absolute atomic E-state index is 0.0531. The predicted molar refractivity (Wildman–Crippen MR) is 127 cm³/mol. The van der Waals surface area contributed by atoms with E-state index < -0.39 is 8.32 Å². The maximum Gasteiger partial charge on any atom is 0.192 e. The van der Waals surface area contributed by atoms with Gasteiger partial charge < -0.3 is 4.43 Å². The first kappa shape index (κ1) is 24.4. The van der Waals surface area contributed by atoms with Crippen molar-refractivity contribution in [3.63, 3.8) is 0 Å². The SMILES string of the molecule is C/C1=C\[C@@H](O[Si](C)(C)C(C)(C)C)[C@@H]2CC[C@@H](C)[C@](C)(CC/C(C)=C/CC1)[C@@H]2C#N. The molecule has 0 amide bonds. The van der Waals surface area contributed by atoms with E-state index in [9.17, 15) is 5.26 Å². The third-order valence-corrected chi connectivity index (χ3v) is 13.0. The van der Waals surface area contributed by atoms with Gasteiger partial charge in [-0.3, -0.25) is 0 Å². The quantitative estimate of drug-likeness (QED) is 0.338. The van der Waals surface area contributed by atoms with E-state index in [2.05, 4.69) is 79.8 Å². The van der Waals surface area contributed by atoms with E-state index in [1.807, 2.05) is 0 Å². The maximum atomic E-state index is 10.4. The Hall–Kier alpha value is -0.853. The molecule has 0 saturated heterocycles. The monoisotopic (exact) mass is 415 g/mol. The van der Waals surface area contributed by atoms with E-state index in [0.717, 1.165) is 32.1 Å². The maximum absolute atomic E-state index is 10.4. The molecule has 0 radical (unpaired) electrons. The summed E-state index contributed by atoms with van der Waals surface area (Å²) in [6, 6.07) is 2.80. The molecule has 0 aromatic carbocycles. The van der Waals surface area contributed by atoms with Crippen molar-refractivity contribution in [1.29, 1.82) is 5.26 Å². The van der Waals surface area contributed by atoms with Gasteiger partial charge in [0.15, 0.2) is 8.32 Å². The number of nitriles is 1. The van der Waals surface area contributed by atoms with Crippen molar-refractivity contribution in [3.05, 3.63) is 23.3 Å². The molecule has 1 saturated carbocycles. The molecular weight excluding hydrogens is 370 g/mol. The molecule has 0 aromatic rings. The predicted octanol–water partition coefficient (Wildman–Crippen LogP) is 8.04. The molecule has 164 valence electrons. The van der Waals surface area contributed by atoms with E-state index >= 15 is 0 Å². The highest BCUT2D eigenvalue weighted by Gasteiger charge is 2.50. The zero-order valence-corrected chi connectivity index (χ0v) is 21.6. The number of rotatable bonds is 2. The Kier molecular flexibility index (Phi) is 7.67. The number of hydrogen-bond donors (Lipinski definition) is 0. The first-order valence-corrected chi connectivity index (χ1v) is 14.6. The fraction of sp³-hybridized carbons (Fsp3) is 0.808. The molecule has 2 rings (SSSR count). The standard InChI is InChI=1S/C26H45NOSi/c1-19-11-10-12-20(2)17-24(28-29(8,9)25(4,5)6)22-14-13-21(3)26(7,16-15-19)23(22)18-27/h11,17,21-24H,10,12-16H2,1-9H3/b19-11+,20-17+/t21-,22-,23-,24-,26+/m1/s1. The van der Waals surface area contributed by atoms with E-state index in [-0.39, 0.29) is 22.5 Å². The van der Waals surface area contributed by atoms with Crippen LogP contribution in [0.2, 0.25) is 18.1 Å². The van der Waals surface area contributed by atoms with E-state index in [1.54, 1.807) is 0 Å². The Morgan fingerprint density at radius 2 is 1.79 bits per heavy atom. The Morgan fingerprint density at radius 1 is 1.14 bits per heavy atom. The van der Waals surface area contributed by atoms with Gasteiger partial charge in [-0.25, -0.2) is 0 Å². The lowest BCUT2D eigenvalue weighted by Crippen LogP contribution is -2.50. The highest BCUT2D eigenvalue weighted by Crippen LogP contribution is 2.53. The molecule has 2 nitrogen and oxygen atoms in total. The molecule has 0 heterocycles. The van der Waals surface area contributed by atoms with Crippen LogP contribution in [0.1, 0.15) is 87.0 Å². The summed E-state index contributed by atoms with van der Waals surface area (Å²) < 4.78 is 7.03. The van der Waals surface area contributed by atoms with Crippen LogP contribution in [0.15, 0.2) is 23.3 Å². The minimum atomic E-state index is -1.93. The first-order valence-electron chi connectivity index (χ1n) is 11.7. The largest absolute Gasteiger partial charge is 0.410 e. The first-order chi connectivity index (χ1) is 13.3. The van der Waals surface area contributed by atoms with Gasteiger partial charge in [0.25, 0.3) is 0 Å². The average molecular weight is 416 g/mol. The Labute approximate surface area is 181 Å². The van der Waals surface area contributed by atoms with Crippen molar-refractivity contribution < 1.29 is 4.43 Å². The van der Waals surface area contributed by atoms with Gasteiger partial charge in [-0.15, -0.1) is 0 Å². The van der Waals surface area contributed by atoms with Crippen LogP contribution in [0, 0.1) is 34.5 Å². The van der Waals surface area contributed by atoms with E-state index in [1.165, 1.54) is 17.6 Å². The molecule has 2 aliphatic carbocycles. The third kappa shape index (κ3) is 5.45. The molecular formula is C26H45NOSi. The van der Waals surface area contributed by atoms with Crippen LogP contribution in [-0.4, -0.2) is 14.4 Å². The smallest absolute Gasteiger partial charge is 0.192 e. The van der Waals surface area contributed by atoms with E-state index in [4.69, 9.17) is 4.43 Å². The van der Waals surface area contributed by atoms with Crippen LogP contribution >= 0.6 is 0 Å². The number of fused-ring (bicyclic) bond motifs is 2. The second kappa shape index (κ2) is 9.11. The molecule has 2 bridgehead atoms. The average Bonchev–Trinajstić information content (AvgIpc) is 2.59. The summed E-state index contributed by atoms with van der Waals surface area (Å²) in [5, 5.41) is 10.5. The lowest BCUT2D eigenvalue weighted by molar-refractivity contribution is -0.0110. The topological polar surface area (TPSA) is 33.0 Å². The van der Waals surface area contributed by atoms with Crippen molar-refractivity contribution in [1.82, 2.24) is 0 Å². The molecule has 0 unspecified atom stereocenters. The highest BCUT2D eigenvalue weighted by molar-refractivity contribution is 6.74. The fourth-order valence-corrected chi connectivity index (χ4v) is 6.25. The lowest BCUT2D eigenvalue weighted by atomic mass is 9.55. The van der Waals surface area contributed by atoms with Crippen LogP contribution in [0.3, 0.4) is 0 Å². The summed E-state index contributed by atoms with van der Waals surface area (Å²) in [7, 11) is -1.93. The Balaban J connectivity index is 2.52. The minimum Gasteiger partial charge on any atom is -0.410 e. The van der Waals surface area contributed by atoms with Gasteiger partial charge in [0.1, 0.15) is 0 Å². The molecule has 0 spiro atoms. The van der Waals surface area contributed by atoms with Crippen molar-refractivity contribution >= 4 is 8.32 Å². The summed E-state index contributed by atoms with van der Waals surface area (Å²) in [6.07, 6.45) is 11.6. The van der Waals surface area contributed by atoms with Crippen molar-refractivity contribution in [2.75, 3.05) is 0 Å². The fourth-order valence-electron chi connectivity index (χ4n) is 4.97. The van der Waals surface area contributed by atoms with Gasteiger partial charge in [-0.2, -0.15) is 5.26 Å². The van der Waals surface area contributed by atoms with E-state index in [0.29, 0.717) is 11.8 Å². The zero-order chi connectivity index (χ0) is 22.0. The summed E-state index contributed by atoms with van der Waals surface area (Å²) in [5.41, 5.74) is 2.96. The highest BCUT2D eigenvalue weighted by atomic mass is 28.4. The van der Waals surface area contributed by atoms with Crippen molar-refractivity contribution in [3.8, 4) is 6.07 Å². The number of allylic oxidation sites excluding steroid dienone is 3. The molecule has 5 atom stereocenters. The van der Waals surface area contributed by atoms with Crippen LogP contribution < -0.4 is 0 Å². The normalized spacial score (nSPS) is 38.5. The van der Waals surface area contributed by atoms with Gasteiger partial charge in [0.2, 0.25) is 0 Å². The van der Waals surface area contributed by atoms with Crippen molar-refractivity contribution in [2.24, 2.45) is 23.2 Å². The molecule has 3 heteroatoms. The molecule has 0 N–H and O–H groups in total. The number of hydrogen-bond acceptors (Lipinski definition) is 2.